The Kier molecular flexibility index (Phi) is 6.39. The lowest BCUT2D eigenvalue weighted by Crippen LogP contribution is -2.47. The third-order valence-corrected chi connectivity index (χ3v) is 4.61. The van der Waals surface area contributed by atoms with Crippen LogP contribution in [0.25, 0.3) is 0 Å². The Morgan fingerprint density at radius 3 is 2.65 bits per heavy atom. The third kappa shape index (κ3) is 4.93. The molecule has 1 aromatic rings. The maximum Gasteiger partial charge on any atom is 0.193 e. The van der Waals surface area contributed by atoms with Crippen LogP contribution in [-0.2, 0) is 0 Å². The van der Waals surface area contributed by atoms with Crippen LogP contribution >= 0.6 is 0 Å². The molecule has 1 heterocycles. The summed E-state index contributed by atoms with van der Waals surface area (Å²) in [7, 11) is 5.86. The first-order chi connectivity index (χ1) is 11.0. The van der Waals surface area contributed by atoms with Crippen LogP contribution in [0.4, 0.5) is 4.39 Å². The van der Waals surface area contributed by atoms with Crippen LogP contribution in [-0.4, -0.2) is 56.5 Å². The Bertz CT molecular complexity index is 522. The largest absolute Gasteiger partial charge is 0.354 e. The third-order valence-electron chi connectivity index (χ3n) is 4.61. The van der Waals surface area contributed by atoms with Crippen molar-refractivity contribution in [3.8, 4) is 0 Å². The average molecular weight is 320 g/mol. The van der Waals surface area contributed by atoms with Crippen molar-refractivity contribution in [3.05, 3.63) is 35.6 Å². The van der Waals surface area contributed by atoms with Gasteiger partial charge in [0.15, 0.2) is 5.96 Å². The topological polar surface area (TPSA) is 30.9 Å². The number of hydrogen-bond donors (Lipinski definition) is 1. The molecular weight excluding hydrogens is 291 g/mol. The molecule has 0 bridgehead atoms. The van der Waals surface area contributed by atoms with Gasteiger partial charge in [0, 0.05) is 26.7 Å². The number of hydrogen-bond acceptors (Lipinski definition) is 2. The number of guanidine groups is 1. The van der Waals surface area contributed by atoms with Gasteiger partial charge in [-0.15, -0.1) is 0 Å². The van der Waals surface area contributed by atoms with Crippen LogP contribution in [0.2, 0.25) is 0 Å². The van der Waals surface area contributed by atoms with Crippen molar-refractivity contribution in [1.29, 1.82) is 0 Å². The fourth-order valence-electron chi connectivity index (χ4n) is 3.05. The summed E-state index contributed by atoms with van der Waals surface area (Å²) in [5.74, 6) is 1.55. The van der Waals surface area contributed by atoms with Gasteiger partial charge in [0.1, 0.15) is 5.82 Å². The lowest BCUT2D eigenvalue weighted by Gasteiger charge is -2.34. The highest BCUT2D eigenvalue weighted by molar-refractivity contribution is 5.80. The van der Waals surface area contributed by atoms with E-state index in [1.54, 1.807) is 12.1 Å². The standard InChI is InChI=1S/C18H29FN4/c1-14-8-10-23(11-9-14)18(20-2)21-13-17(22(3)4)15-6-5-7-16(19)12-15/h5-7,12,14,17H,8-11,13H2,1-4H3,(H,20,21). The molecule has 1 aliphatic heterocycles. The number of halogens is 1. The summed E-state index contributed by atoms with van der Waals surface area (Å²) in [5, 5.41) is 3.47. The number of rotatable bonds is 4. The molecule has 0 spiro atoms. The van der Waals surface area contributed by atoms with Crippen molar-refractivity contribution in [2.45, 2.75) is 25.8 Å². The molecule has 1 aromatic carbocycles. The van der Waals surface area contributed by atoms with E-state index in [1.807, 2.05) is 27.2 Å². The summed E-state index contributed by atoms with van der Waals surface area (Å²) in [6.45, 7) is 5.11. The van der Waals surface area contributed by atoms with E-state index >= 15 is 0 Å². The Balaban J connectivity index is 2.00. The van der Waals surface area contributed by atoms with Gasteiger partial charge in [0.05, 0.1) is 6.04 Å². The molecule has 5 heteroatoms. The predicted octanol–water partition coefficient (Wildman–Crippen LogP) is 2.74. The number of piperidine rings is 1. The highest BCUT2D eigenvalue weighted by Gasteiger charge is 2.20. The molecule has 0 aromatic heterocycles. The molecule has 1 fully saturated rings. The minimum atomic E-state index is -0.191. The van der Waals surface area contributed by atoms with Crippen LogP contribution < -0.4 is 5.32 Å². The van der Waals surface area contributed by atoms with Gasteiger partial charge >= 0.3 is 0 Å². The van der Waals surface area contributed by atoms with Crippen LogP contribution in [0.3, 0.4) is 0 Å². The number of aliphatic imine (C=N–C) groups is 1. The summed E-state index contributed by atoms with van der Waals surface area (Å²) in [4.78, 5) is 8.84. The molecule has 1 aliphatic rings. The first-order valence-corrected chi connectivity index (χ1v) is 8.38. The Hall–Kier alpha value is -1.62. The Labute approximate surface area is 139 Å². The normalized spacial score (nSPS) is 18.3. The molecule has 128 valence electrons. The summed E-state index contributed by atoms with van der Waals surface area (Å²) in [6, 6.07) is 6.93. The maximum absolute atomic E-state index is 13.5. The van der Waals surface area contributed by atoms with Crippen molar-refractivity contribution < 1.29 is 4.39 Å². The van der Waals surface area contributed by atoms with E-state index in [-0.39, 0.29) is 11.9 Å². The van der Waals surface area contributed by atoms with Crippen molar-refractivity contribution in [1.82, 2.24) is 15.1 Å². The summed E-state index contributed by atoms with van der Waals surface area (Å²) < 4.78 is 13.5. The van der Waals surface area contributed by atoms with Crippen LogP contribution in [0.5, 0.6) is 0 Å². The maximum atomic E-state index is 13.5. The van der Waals surface area contributed by atoms with Crippen molar-refractivity contribution in [2.24, 2.45) is 10.9 Å². The molecule has 2 rings (SSSR count). The second-order valence-corrected chi connectivity index (χ2v) is 6.63. The van der Waals surface area contributed by atoms with Crippen molar-refractivity contribution in [3.63, 3.8) is 0 Å². The zero-order valence-electron chi connectivity index (χ0n) is 14.7. The lowest BCUT2D eigenvalue weighted by molar-refractivity contribution is 0.264. The van der Waals surface area contributed by atoms with Gasteiger partial charge in [-0.05, 0) is 50.6 Å². The summed E-state index contributed by atoms with van der Waals surface area (Å²) in [6.07, 6.45) is 2.42. The number of likely N-dealkylation sites (tertiary alicyclic amines) is 1. The monoisotopic (exact) mass is 320 g/mol. The van der Waals surface area contributed by atoms with Gasteiger partial charge in [-0.25, -0.2) is 4.39 Å². The zero-order valence-corrected chi connectivity index (χ0v) is 14.7. The van der Waals surface area contributed by atoms with Crippen LogP contribution in [0.1, 0.15) is 31.4 Å². The molecule has 1 atom stereocenters. The minimum Gasteiger partial charge on any atom is -0.354 e. The molecule has 0 radical (unpaired) electrons. The predicted molar refractivity (Wildman–Crippen MR) is 94.2 cm³/mol. The summed E-state index contributed by atoms with van der Waals surface area (Å²) in [5.41, 5.74) is 0.977. The smallest absolute Gasteiger partial charge is 0.193 e. The van der Waals surface area contributed by atoms with E-state index in [0.29, 0.717) is 6.54 Å². The van der Waals surface area contributed by atoms with E-state index in [9.17, 15) is 4.39 Å². The van der Waals surface area contributed by atoms with E-state index < -0.39 is 0 Å². The SMILES string of the molecule is CN=C(NCC(c1cccc(F)c1)N(C)C)N1CCC(C)CC1. The number of likely N-dealkylation sites (N-methyl/N-ethyl adjacent to an activating group) is 1. The molecule has 23 heavy (non-hydrogen) atoms. The van der Waals surface area contributed by atoms with E-state index in [2.05, 4.69) is 27.0 Å². The van der Waals surface area contributed by atoms with Gasteiger partial charge in [-0.3, -0.25) is 4.99 Å². The second kappa shape index (κ2) is 8.29. The minimum absolute atomic E-state index is 0.103. The molecule has 1 saturated heterocycles. The Morgan fingerprint density at radius 1 is 1.39 bits per heavy atom. The van der Waals surface area contributed by atoms with Gasteiger partial charge < -0.3 is 15.1 Å². The molecule has 0 amide bonds. The van der Waals surface area contributed by atoms with E-state index in [4.69, 9.17) is 0 Å². The van der Waals surface area contributed by atoms with E-state index in [1.165, 1.54) is 18.9 Å². The molecule has 0 aliphatic carbocycles. The van der Waals surface area contributed by atoms with Crippen molar-refractivity contribution >= 4 is 5.96 Å². The molecule has 1 N–H and O–H groups in total. The van der Waals surface area contributed by atoms with Gasteiger partial charge in [0.2, 0.25) is 0 Å². The quantitative estimate of drug-likeness (QED) is 0.683. The molecule has 1 unspecified atom stereocenters. The summed E-state index contributed by atoms with van der Waals surface area (Å²) >= 11 is 0. The average Bonchev–Trinajstić information content (AvgIpc) is 2.52. The number of benzene rings is 1. The number of nitrogens with zero attached hydrogens (tertiary/aromatic N) is 3. The van der Waals surface area contributed by atoms with Crippen LogP contribution in [0.15, 0.2) is 29.3 Å². The van der Waals surface area contributed by atoms with Crippen molar-refractivity contribution in [2.75, 3.05) is 40.8 Å². The van der Waals surface area contributed by atoms with Gasteiger partial charge in [-0.1, -0.05) is 19.1 Å². The number of nitrogens with one attached hydrogen (secondary N) is 1. The fraction of sp³-hybridized carbons (Fsp3) is 0.611. The molecule has 0 saturated carbocycles. The first-order valence-electron chi connectivity index (χ1n) is 8.38. The zero-order chi connectivity index (χ0) is 16.8. The van der Waals surface area contributed by atoms with E-state index in [0.717, 1.165) is 30.5 Å². The Morgan fingerprint density at radius 2 is 2.09 bits per heavy atom. The van der Waals surface area contributed by atoms with Crippen LogP contribution in [0, 0.1) is 11.7 Å². The first kappa shape index (κ1) is 17.7. The van der Waals surface area contributed by atoms with Gasteiger partial charge in [-0.2, -0.15) is 0 Å². The van der Waals surface area contributed by atoms with Gasteiger partial charge in [0.25, 0.3) is 0 Å². The highest BCUT2D eigenvalue weighted by atomic mass is 19.1. The highest BCUT2D eigenvalue weighted by Crippen LogP contribution is 2.19. The lowest BCUT2D eigenvalue weighted by atomic mass is 9.99. The fourth-order valence-corrected chi connectivity index (χ4v) is 3.05. The molecule has 4 nitrogen and oxygen atoms in total. The molecular formula is C18H29FN4. The second-order valence-electron chi connectivity index (χ2n) is 6.63.